The summed E-state index contributed by atoms with van der Waals surface area (Å²) < 4.78 is 1.89. The van der Waals surface area contributed by atoms with Crippen LogP contribution in [0.2, 0.25) is 0 Å². The average Bonchev–Trinajstić information content (AvgIpc) is 2.97. The van der Waals surface area contributed by atoms with Crippen LogP contribution in [0.25, 0.3) is 5.52 Å². The zero-order chi connectivity index (χ0) is 14.7. The van der Waals surface area contributed by atoms with Crippen molar-refractivity contribution in [2.45, 2.75) is 6.42 Å². The van der Waals surface area contributed by atoms with Crippen LogP contribution in [0.1, 0.15) is 11.3 Å². The van der Waals surface area contributed by atoms with E-state index in [9.17, 15) is 4.79 Å². The van der Waals surface area contributed by atoms with Crippen molar-refractivity contribution in [2.75, 3.05) is 5.32 Å². The maximum atomic E-state index is 12.1. The lowest BCUT2D eigenvalue weighted by Crippen LogP contribution is -2.16. The maximum absolute atomic E-state index is 12.1. The highest BCUT2D eigenvalue weighted by Gasteiger charge is 2.07. The van der Waals surface area contributed by atoms with Gasteiger partial charge >= 0.3 is 0 Å². The number of carbonyl (C=O) groups is 1. The molecule has 102 valence electrons. The third-order valence-electron chi connectivity index (χ3n) is 3.17. The minimum absolute atomic E-state index is 0.110. The molecular weight excluding hydrogens is 264 g/mol. The van der Waals surface area contributed by atoms with Gasteiger partial charge in [0.2, 0.25) is 5.91 Å². The van der Waals surface area contributed by atoms with Gasteiger partial charge in [0.1, 0.15) is 0 Å². The molecule has 0 unspecified atom stereocenters. The number of anilines is 1. The van der Waals surface area contributed by atoms with Crippen molar-refractivity contribution in [1.29, 1.82) is 5.26 Å². The number of benzene rings is 1. The molecule has 0 atom stereocenters. The fraction of sp³-hybridized carbons (Fsp3) is 0.0625. The smallest absolute Gasteiger partial charge is 0.230 e. The molecular formula is C16H12N4O. The molecule has 21 heavy (non-hydrogen) atoms. The molecule has 0 aliphatic heterocycles. The van der Waals surface area contributed by atoms with Crippen molar-refractivity contribution in [3.05, 3.63) is 66.2 Å². The number of nitrogens with zero attached hydrogens (tertiary/aromatic N) is 3. The van der Waals surface area contributed by atoms with Crippen LogP contribution in [0.4, 0.5) is 5.69 Å². The van der Waals surface area contributed by atoms with Crippen LogP contribution in [-0.4, -0.2) is 15.3 Å². The SMILES string of the molecule is N#Cc1ccc(NC(=O)Cc2cccc3cncn23)cc1. The highest BCUT2D eigenvalue weighted by atomic mass is 16.1. The van der Waals surface area contributed by atoms with Crippen LogP contribution in [0.3, 0.4) is 0 Å². The normalized spacial score (nSPS) is 10.2. The van der Waals surface area contributed by atoms with E-state index < -0.39 is 0 Å². The molecule has 0 saturated heterocycles. The second-order valence-corrected chi connectivity index (χ2v) is 4.62. The lowest BCUT2D eigenvalue weighted by Gasteiger charge is -2.07. The Hall–Kier alpha value is -3.13. The molecule has 1 N–H and O–H groups in total. The monoisotopic (exact) mass is 276 g/mol. The first kappa shape index (κ1) is 12.9. The first-order valence-corrected chi connectivity index (χ1v) is 6.46. The predicted molar refractivity (Wildman–Crippen MR) is 78.7 cm³/mol. The lowest BCUT2D eigenvalue weighted by molar-refractivity contribution is -0.115. The third kappa shape index (κ3) is 2.74. The highest BCUT2D eigenvalue weighted by Crippen LogP contribution is 2.11. The van der Waals surface area contributed by atoms with E-state index in [0.717, 1.165) is 11.2 Å². The highest BCUT2D eigenvalue weighted by molar-refractivity contribution is 5.92. The number of imidazole rings is 1. The number of nitrogens with one attached hydrogen (secondary N) is 1. The standard InChI is InChI=1S/C16H12N4O/c17-9-12-4-6-13(7-5-12)19-16(21)8-14-2-1-3-15-10-18-11-20(14)15/h1-7,10-11H,8H2,(H,19,21). The molecule has 3 aromatic rings. The average molecular weight is 276 g/mol. The number of amides is 1. The lowest BCUT2D eigenvalue weighted by atomic mass is 10.2. The first-order chi connectivity index (χ1) is 10.3. The van der Waals surface area contributed by atoms with Crippen molar-refractivity contribution in [3.8, 4) is 6.07 Å². The molecule has 2 heterocycles. The van der Waals surface area contributed by atoms with Gasteiger partial charge in [-0.05, 0) is 36.4 Å². The molecule has 5 nitrogen and oxygen atoms in total. The molecule has 0 radical (unpaired) electrons. The van der Waals surface area contributed by atoms with E-state index in [1.165, 1.54) is 0 Å². The molecule has 0 aliphatic carbocycles. The Bertz CT molecular complexity index is 827. The maximum Gasteiger partial charge on any atom is 0.230 e. The zero-order valence-electron chi connectivity index (χ0n) is 11.2. The topological polar surface area (TPSA) is 70.2 Å². The summed E-state index contributed by atoms with van der Waals surface area (Å²) in [6.45, 7) is 0. The molecule has 3 rings (SSSR count). The van der Waals surface area contributed by atoms with Crippen LogP contribution in [0, 0.1) is 11.3 Å². The molecule has 5 heteroatoms. The minimum Gasteiger partial charge on any atom is -0.326 e. The number of hydrogen-bond acceptors (Lipinski definition) is 3. The van der Waals surface area contributed by atoms with E-state index in [2.05, 4.69) is 10.3 Å². The van der Waals surface area contributed by atoms with E-state index in [0.29, 0.717) is 11.3 Å². The van der Waals surface area contributed by atoms with E-state index in [4.69, 9.17) is 5.26 Å². The minimum atomic E-state index is -0.110. The summed E-state index contributed by atoms with van der Waals surface area (Å²) in [5.41, 5.74) is 3.07. The Morgan fingerprint density at radius 3 is 2.81 bits per heavy atom. The fourth-order valence-corrected chi connectivity index (χ4v) is 2.15. The number of rotatable bonds is 3. The second kappa shape index (κ2) is 5.47. The molecule has 1 aromatic carbocycles. The summed E-state index contributed by atoms with van der Waals surface area (Å²) in [5.74, 6) is -0.110. The summed E-state index contributed by atoms with van der Waals surface area (Å²) >= 11 is 0. The van der Waals surface area contributed by atoms with Crippen molar-refractivity contribution >= 4 is 17.1 Å². The van der Waals surface area contributed by atoms with Crippen molar-refractivity contribution in [3.63, 3.8) is 0 Å². The fourth-order valence-electron chi connectivity index (χ4n) is 2.15. The summed E-state index contributed by atoms with van der Waals surface area (Å²) in [5, 5.41) is 11.6. The summed E-state index contributed by atoms with van der Waals surface area (Å²) in [6.07, 6.45) is 3.70. The Morgan fingerprint density at radius 2 is 2.05 bits per heavy atom. The van der Waals surface area contributed by atoms with Gasteiger partial charge in [-0.1, -0.05) is 6.07 Å². The van der Waals surface area contributed by atoms with Crippen LogP contribution < -0.4 is 5.32 Å². The number of nitriles is 1. The summed E-state index contributed by atoms with van der Waals surface area (Å²) in [7, 11) is 0. The van der Waals surface area contributed by atoms with Gasteiger partial charge in [-0.25, -0.2) is 4.98 Å². The Labute approximate surface area is 121 Å². The third-order valence-corrected chi connectivity index (χ3v) is 3.17. The number of pyridine rings is 1. The molecule has 0 bridgehead atoms. The van der Waals surface area contributed by atoms with E-state index in [1.54, 1.807) is 36.8 Å². The summed E-state index contributed by atoms with van der Waals surface area (Å²) in [4.78, 5) is 16.2. The largest absolute Gasteiger partial charge is 0.326 e. The first-order valence-electron chi connectivity index (χ1n) is 6.46. The number of aromatic nitrogens is 2. The van der Waals surface area contributed by atoms with E-state index in [1.807, 2.05) is 28.7 Å². The summed E-state index contributed by atoms with van der Waals surface area (Å²) in [6, 6.07) is 14.6. The van der Waals surface area contributed by atoms with Crippen LogP contribution in [0.5, 0.6) is 0 Å². The van der Waals surface area contributed by atoms with Gasteiger partial charge < -0.3 is 9.72 Å². The Kier molecular flexibility index (Phi) is 3.36. The molecule has 2 aromatic heterocycles. The molecule has 0 saturated carbocycles. The Morgan fingerprint density at radius 1 is 1.24 bits per heavy atom. The quantitative estimate of drug-likeness (QED) is 0.798. The molecule has 0 fully saturated rings. The zero-order valence-corrected chi connectivity index (χ0v) is 11.2. The number of carbonyl (C=O) groups excluding carboxylic acids is 1. The second-order valence-electron chi connectivity index (χ2n) is 4.62. The molecule has 1 amide bonds. The van der Waals surface area contributed by atoms with Gasteiger partial charge in [-0.3, -0.25) is 4.79 Å². The van der Waals surface area contributed by atoms with Crippen LogP contribution in [0.15, 0.2) is 55.0 Å². The number of hydrogen-bond donors (Lipinski definition) is 1. The van der Waals surface area contributed by atoms with Gasteiger partial charge in [0, 0.05) is 11.4 Å². The Balaban J connectivity index is 1.74. The van der Waals surface area contributed by atoms with Gasteiger partial charge in [0.25, 0.3) is 0 Å². The molecule has 0 aliphatic rings. The van der Waals surface area contributed by atoms with Crippen molar-refractivity contribution < 1.29 is 4.79 Å². The van der Waals surface area contributed by atoms with Gasteiger partial charge in [-0.15, -0.1) is 0 Å². The van der Waals surface area contributed by atoms with Gasteiger partial charge in [0.05, 0.1) is 36.1 Å². The van der Waals surface area contributed by atoms with E-state index in [-0.39, 0.29) is 12.3 Å². The van der Waals surface area contributed by atoms with Gasteiger partial charge in [-0.2, -0.15) is 5.26 Å². The van der Waals surface area contributed by atoms with Crippen LogP contribution >= 0.6 is 0 Å². The van der Waals surface area contributed by atoms with Gasteiger partial charge in [0.15, 0.2) is 0 Å². The predicted octanol–water partition coefficient (Wildman–Crippen LogP) is 2.39. The number of fused-ring (bicyclic) bond motifs is 1. The van der Waals surface area contributed by atoms with Crippen molar-refractivity contribution in [1.82, 2.24) is 9.38 Å². The van der Waals surface area contributed by atoms with E-state index >= 15 is 0 Å². The molecule has 0 spiro atoms. The van der Waals surface area contributed by atoms with Crippen LogP contribution in [-0.2, 0) is 11.2 Å². The van der Waals surface area contributed by atoms with Crippen molar-refractivity contribution in [2.24, 2.45) is 0 Å².